The Morgan fingerprint density at radius 1 is 1.56 bits per heavy atom. The van der Waals surface area contributed by atoms with Gasteiger partial charge < -0.3 is 10.0 Å². The minimum Gasteiger partial charge on any atom is -0.480 e. The number of hydrogen-bond acceptors (Lipinski definition) is 5. The minimum absolute atomic E-state index is 0.125. The molecule has 6 nitrogen and oxygen atoms in total. The maximum atomic E-state index is 10.9. The molecule has 1 saturated carbocycles. The molecule has 0 aliphatic heterocycles. The molecule has 0 aromatic carbocycles. The average Bonchev–Trinajstić information content (AvgIpc) is 2.89. The minimum atomic E-state index is -0.909. The molecule has 1 aromatic rings. The van der Waals surface area contributed by atoms with E-state index in [0.29, 0.717) is 5.95 Å². The summed E-state index contributed by atoms with van der Waals surface area (Å²) in [6.07, 6.45) is 5.59. The number of nitriles is 1. The summed E-state index contributed by atoms with van der Waals surface area (Å²) >= 11 is 0. The average molecular weight is 246 g/mol. The third-order valence-corrected chi connectivity index (χ3v) is 3.09. The number of anilines is 1. The van der Waals surface area contributed by atoms with Crippen molar-refractivity contribution in [3.63, 3.8) is 0 Å². The van der Waals surface area contributed by atoms with E-state index in [2.05, 4.69) is 9.97 Å². The van der Waals surface area contributed by atoms with Crippen LogP contribution in [0.5, 0.6) is 0 Å². The highest BCUT2D eigenvalue weighted by Gasteiger charge is 2.26. The van der Waals surface area contributed by atoms with Crippen molar-refractivity contribution in [2.75, 3.05) is 11.4 Å². The molecule has 2 rings (SSSR count). The van der Waals surface area contributed by atoms with E-state index in [1.165, 1.54) is 12.3 Å². The first-order valence-corrected chi connectivity index (χ1v) is 5.92. The van der Waals surface area contributed by atoms with Crippen LogP contribution in [0.15, 0.2) is 12.3 Å². The van der Waals surface area contributed by atoms with Gasteiger partial charge in [-0.05, 0) is 18.9 Å². The molecule has 0 bridgehead atoms. The molecule has 1 aromatic heterocycles. The fourth-order valence-electron chi connectivity index (χ4n) is 2.27. The molecule has 0 radical (unpaired) electrons. The van der Waals surface area contributed by atoms with Crippen molar-refractivity contribution >= 4 is 11.9 Å². The van der Waals surface area contributed by atoms with Gasteiger partial charge in [-0.15, -0.1) is 0 Å². The number of carbonyl (C=O) groups is 1. The zero-order chi connectivity index (χ0) is 13.0. The summed E-state index contributed by atoms with van der Waals surface area (Å²) in [4.78, 5) is 20.8. The number of aliphatic carboxylic acids is 1. The molecule has 0 amide bonds. The molecule has 18 heavy (non-hydrogen) atoms. The molecule has 0 saturated heterocycles. The number of carboxylic acids is 1. The second-order valence-corrected chi connectivity index (χ2v) is 4.31. The highest BCUT2D eigenvalue weighted by molar-refractivity contribution is 5.73. The lowest BCUT2D eigenvalue weighted by Crippen LogP contribution is -2.38. The van der Waals surface area contributed by atoms with E-state index in [4.69, 9.17) is 10.4 Å². The highest BCUT2D eigenvalue weighted by atomic mass is 16.4. The van der Waals surface area contributed by atoms with Crippen molar-refractivity contribution in [2.24, 2.45) is 0 Å². The van der Waals surface area contributed by atoms with Crippen LogP contribution in [-0.4, -0.2) is 33.6 Å². The van der Waals surface area contributed by atoms with Crippen LogP contribution in [0.1, 0.15) is 31.4 Å². The summed E-state index contributed by atoms with van der Waals surface area (Å²) in [7, 11) is 0. The monoisotopic (exact) mass is 246 g/mol. The number of hydrogen-bond donors (Lipinski definition) is 1. The predicted molar refractivity (Wildman–Crippen MR) is 64.0 cm³/mol. The Morgan fingerprint density at radius 3 is 2.89 bits per heavy atom. The van der Waals surface area contributed by atoms with Crippen molar-refractivity contribution in [2.45, 2.75) is 31.7 Å². The Kier molecular flexibility index (Phi) is 3.72. The molecular weight excluding hydrogens is 232 g/mol. The van der Waals surface area contributed by atoms with Gasteiger partial charge >= 0.3 is 5.97 Å². The third kappa shape index (κ3) is 2.74. The fourth-order valence-corrected chi connectivity index (χ4v) is 2.27. The molecule has 1 aliphatic carbocycles. The van der Waals surface area contributed by atoms with E-state index >= 15 is 0 Å². The first-order chi connectivity index (χ1) is 8.70. The molecule has 1 heterocycles. The third-order valence-electron chi connectivity index (χ3n) is 3.09. The number of aromatic nitrogens is 2. The summed E-state index contributed by atoms with van der Waals surface area (Å²) in [5.41, 5.74) is 0.258. The summed E-state index contributed by atoms with van der Waals surface area (Å²) < 4.78 is 0. The van der Waals surface area contributed by atoms with Crippen molar-refractivity contribution < 1.29 is 9.90 Å². The largest absolute Gasteiger partial charge is 0.480 e. The van der Waals surface area contributed by atoms with Gasteiger partial charge in [0, 0.05) is 12.2 Å². The van der Waals surface area contributed by atoms with Crippen molar-refractivity contribution in [1.82, 2.24) is 9.97 Å². The van der Waals surface area contributed by atoms with Crippen LogP contribution in [-0.2, 0) is 4.79 Å². The number of carboxylic acid groups (broad SMARTS) is 1. The lowest BCUT2D eigenvalue weighted by Gasteiger charge is -2.27. The molecule has 1 aliphatic rings. The van der Waals surface area contributed by atoms with Crippen LogP contribution >= 0.6 is 0 Å². The number of rotatable bonds is 4. The van der Waals surface area contributed by atoms with Crippen LogP contribution in [0.25, 0.3) is 0 Å². The van der Waals surface area contributed by atoms with Gasteiger partial charge in [0.2, 0.25) is 5.95 Å². The maximum absolute atomic E-state index is 10.9. The van der Waals surface area contributed by atoms with Crippen molar-refractivity contribution in [1.29, 1.82) is 5.26 Å². The molecule has 0 atom stereocenters. The maximum Gasteiger partial charge on any atom is 0.323 e. The van der Waals surface area contributed by atoms with E-state index in [1.807, 2.05) is 6.07 Å². The Bertz CT molecular complexity index is 477. The van der Waals surface area contributed by atoms with Crippen LogP contribution in [0.3, 0.4) is 0 Å². The molecule has 94 valence electrons. The normalized spacial score (nSPS) is 15.3. The van der Waals surface area contributed by atoms with Gasteiger partial charge in [0.15, 0.2) is 0 Å². The Hall–Kier alpha value is -2.16. The quantitative estimate of drug-likeness (QED) is 0.858. The van der Waals surface area contributed by atoms with Gasteiger partial charge in [-0.25, -0.2) is 9.97 Å². The highest BCUT2D eigenvalue weighted by Crippen LogP contribution is 2.26. The molecule has 1 N–H and O–H groups in total. The van der Waals surface area contributed by atoms with Crippen LogP contribution in [0.2, 0.25) is 0 Å². The smallest absolute Gasteiger partial charge is 0.323 e. The van der Waals surface area contributed by atoms with E-state index < -0.39 is 5.97 Å². The molecule has 0 spiro atoms. The number of nitrogens with zero attached hydrogens (tertiary/aromatic N) is 4. The zero-order valence-corrected chi connectivity index (χ0v) is 9.91. The topological polar surface area (TPSA) is 90.1 Å². The summed E-state index contributed by atoms with van der Waals surface area (Å²) in [5.74, 6) is -0.573. The summed E-state index contributed by atoms with van der Waals surface area (Å²) in [5, 5.41) is 17.8. The predicted octanol–water partition coefficient (Wildman–Crippen LogP) is 1.18. The summed E-state index contributed by atoms with van der Waals surface area (Å²) in [6.45, 7) is -0.125. The van der Waals surface area contributed by atoms with Gasteiger partial charge in [0.25, 0.3) is 0 Å². The second-order valence-electron chi connectivity index (χ2n) is 4.31. The van der Waals surface area contributed by atoms with Gasteiger partial charge in [-0.2, -0.15) is 5.26 Å². The zero-order valence-electron chi connectivity index (χ0n) is 9.91. The molecular formula is C12H14N4O2. The molecule has 0 unspecified atom stereocenters. The first-order valence-electron chi connectivity index (χ1n) is 5.92. The Morgan fingerprint density at radius 2 is 2.28 bits per heavy atom. The van der Waals surface area contributed by atoms with E-state index in [-0.39, 0.29) is 18.3 Å². The van der Waals surface area contributed by atoms with Gasteiger partial charge in [0.1, 0.15) is 18.3 Å². The standard InChI is InChI=1S/C12H14N4O2/c13-7-9-5-6-14-12(15-9)16(8-11(17)18)10-3-1-2-4-10/h5-6,10H,1-4,8H2,(H,17,18). The van der Waals surface area contributed by atoms with Gasteiger partial charge in [0.05, 0.1) is 0 Å². The van der Waals surface area contributed by atoms with Crippen LogP contribution < -0.4 is 4.90 Å². The Balaban J connectivity index is 2.26. The SMILES string of the molecule is N#Cc1ccnc(N(CC(=O)O)C2CCCC2)n1. The van der Waals surface area contributed by atoms with Crippen LogP contribution in [0.4, 0.5) is 5.95 Å². The van der Waals surface area contributed by atoms with Gasteiger partial charge in [-0.1, -0.05) is 12.8 Å². The second kappa shape index (κ2) is 5.45. The van der Waals surface area contributed by atoms with Crippen molar-refractivity contribution in [3.05, 3.63) is 18.0 Å². The van der Waals surface area contributed by atoms with Crippen molar-refractivity contribution in [3.8, 4) is 6.07 Å². The lowest BCUT2D eigenvalue weighted by atomic mass is 10.2. The Labute approximate surface area is 105 Å². The van der Waals surface area contributed by atoms with E-state index in [1.54, 1.807) is 4.90 Å². The lowest BCUT2D eigenvalue weighted by molar-refractivity contribution is -0.135. The van der Waals surface area contributed by atoms with Gasteiger partial charge in [-0.3, -0.25) is 4.79 Å². The molecule has 6 heteroatoms. The fraction of sp³-hybridized carbons (Fsp3) is 0.500. The molecule has 1 fully saturated rings. The van der Waals surface area contributed by atoms with Crippen LogP contribution in [0, 0.1) is 11.3 Å². The summed E-state index contributed by atoms with van der Waals surface area (Å²) in [6, 6.07) is 3.61. The first kappa shape index (κ1) is 12.3. The van der Waals surface area contributed by atoms with E-state index in [0.717, 1.165) is 25.7 Å². The van der Waals surface area contributed by atoms with E-state index in [9.17, 15) is 4.79 Å².